The average molecular weight is 290 g/mol. The lowest BCUT2D eigenvalue weighted by atomic mass is 10.2. The fourth-order valence-electron chi connectivity index (χ4n) is 1.84. The van der Waals surface area contributed by atoms with Crippen LogP contribution in [0.25, 0.3) is 0 Å². The zero-order valence-corrected chi connectivity index (χ0v) is 12.2. The third kappa shape index (κ3) is 3.52. The van der Waals surface area contributed by atoms with Gasteiger partial charge in [-0.2, -0.15) is 0 Å². The van der Waals surface area contributed by atoms with Crippen molar-refractivity contribution in [1.29, 1.82) is 0 Å². The van der Waals surface area contributed by atoms with E-state index in [9.17, 15) is 4.79 Å². The monoisotopic (exact) mass is 289 g/mol. The predicted octanol–water partition coefficient (Wildman–Crippen LogP) is 4.30. The molecule has 104 valence electrons. The Morgan fingerprint density at radius 1 is 1.25 bits per heavy atom. The molecule has 0 aliphatic carbocycles. The molecule has 20 heavy (non-hydrogen) atoms. The topological polar surface area (TPSA) is 38.3 Å². The largest absolute Gasteiger partial charge is 0.492 e. The molecule has 0 aromatic heterocycles. The van der Waals surface area contributed by atoms with E-state index in [1.54, 1.807) is 18.2 Å². The maximum atomic E-state index is 12.1. The van der Waals surface area contributed by atoms with Crippen LogP contribution in [0, 0.1) is 6.92 Å². The first kappa shape index (κ1) is 14.4. The average Bonchev–Trinajstić information content (AvgIpc) is 2.41. The second-order valence-corrected chi connectivity index (χ2v) is 4.81. The highest BCUT2D eigenvalue weighted by Crippen LogP contribution is 2.25. The molecule has 2 aromatic carbocycles. The molecule has 0 saturated carbocycles. The normalized spacial score (nSPS) is 10.2. The van der Waals surface area contributed by atoms with Crippen LogP contribution in [0.4, 0.5) is 5.69 Å². The van der Waals surface area contributed by atoms with Crippen LogP contribution in [0.1, 0.15) is 22.8 Å². The fraction of sp³-hybridized carbons (Fsp3) is 0.188. The molecular weight excluding hydrogens is 274 g/mol. The summed E-state index contributed by atoms with van der Waals surface area (Å²) in [5.74, 6) is 0.391. The van der Waals surface area contributed by atoms with Gasteiger partial charge in [0.2, 0.25) is 0 Å². The van der Waals surface area contributed by atoms with E-state index in [2.05, 4.69) is 5.32 Å². The van der Waals surface area contributed by atoms with Gasteiger partial charge in [0.25, 0.3) is 5.91 Å². The first-order chi connectivity index (χ1) is 9.60. The fourth-order valence-corrected chi connectivity index (χ4v) is 2.08. The molecule has 4 heteroatoms. The van der Waals surface area contributed by atoms with Crippen molar-refractivity contribution in [3.63, 3.8) is 0 Å². The van der Waals surface area contributed by atoms with Gasteiger partial charge < -0.3 is 10.1 Å². The molecular formula is C16H16ClNO2. The summed E-state index contributed by atoms with van der Waals surface area (Å²) in [6.07, 6.45) is 0. The van der Waals surface area contributed by atoms with Crippen LogP contribution in [0.3, 0.4) is 0 Å². The van der Waals surface area contributed by atoms with Gasteiger partial charge in [0.15, 0.2) is 0 Å². The van der Waals surface area contributed by atoms with Crippen LogP contribution in [0.15, 0.2) is 42.5 Å². The van der Waals surface area contributed by atoms with Crippen LogP contribution in [-0.2, 0) is 0 Å². The van der Waals surface area contributed by atoms with Crippen molar-refractivity contribution in [2.24, 2.45) is 0 Å². The van der Waals surface area contributed by atoms with Gasteiger partial charge >= 0.3 is 0 Å². The minimum atomic E-state index is -0.194. The molecule has 3 nitrogen and oxygen atoms in total. The predicted molar refractivity (Wildman–Crippen MR) is 81.8 cm³/mol. The molecule has 0 saturated heterocycles. The van der Waals surface area contributed by atoms with Gasteiger partial charge in [-0.15, -0.1) is 0 Å². The van der Waals surface area contributed by atoms with E-state index in [1.165, 1.54) is 0 Å². The molecule has 0 bridgehead atoms. The number of hydrogen-bond donors (Lipinski definition) is 1. The zero-order valence-electron chi connectivity index (χ0n) is 11.4. The van der Waals surface area contributed by atoms with Crippen molar-refractivity contribution < 1.29 is 9.53 Å². The molecule has 0 radical (unpaired) electrons. The standard InChI is InChI=1S/C16H16ClNO2/c1-3-20-15-8-7-12(10-14(15)17)16(19)18-13-6-4-5-11(2)9-13/h4-10H,3H2,1-2H3,(H,18,19). The zero-order chi connectivity index (χ0) is 14.5. The summed E-state index contributed by atoms with van der Waals surface area (Å²) >= 11 is 6.08. The summed E-state index contributed by atoms with van der Waals surface area (Å²) in [5.41, 5.74) is 2.35. The number of nitrogens with one attached hydrogen (secondary N) is 1. The Balaban J connectivity index is 2.15. The minimum absolute atomic E-state index is 0.194. The molecule has 1 amide bonds. The quantitative estimate of drug-likeness (QED) is 0.911. The summed E-state index contributed by atoms with van der Waals surface area (Å²) in [6, 6.07) is 12.6. The van der Waals surface area contributed by atoms with Gasteiger partial charge in [0, 0.05) is 11.3 Å². The van der Waals surface area contributed by atoms with Gasteiger partial charge in [-0.05, 0) is 49.7 Å². The molecule has 0 aliphatic rings. The highest BCUT2D eigenvalue weighted by molar-refractivity contribution is 6.32. The number of ether oxygens (including phenoxy) is 1. The van der Waals surface area contributed by atoms with Crippen LogP contribution in [0.5, 0.6) is 5.75 Å². The summed E-state index contributed by atoms with van der Waals surface area (Å²) < 4.78 is 5.34. The van der Waals surface area contributed by atoms with Crippen LogP contribution in [0.2, 0.25) is 5.02 Å². The Morgan fingerprint density at radius 3 is 2.70 bits per heavy atom. The number of amides is 1. The molecule has 2 aromatic rings. The molecule has 0 atom stereocenters. The first-order valence-electron chi connectivity index (χ1n) is 6.40. The summed E-state index contributed by atoms with van der Waals surface area (Å²) in [6.45, 7) is 4.40. The Hall–Kier alpha value is -2.00. The SMILES string of the molecule is CCOc1ccc(C(=O)Nc2cccc(C)c2)cc1Cl. The van der Waals surface area contributed by atoms with Crippen molar-refractivity contribution >= 4 is 23.2 Å². The number of hydrogen-bond acceptors (Lipinski definition) is 2. The lowest BCUT2D eigenvalue weighted by molar-refractivity contribution is 0.102. The second-order valence-electron chi connectivity index (χ2n) is 4.40. The van der Waals surface area contributed by atoms with Crippen LogP contribution < -0.4 is 10.1 Å². The van der Waals surface area contributed by atoms with Crippen molar-refractivity contribution in [1.82, 2.24) is 0 Å². The van der Waals surface area contributed by atoms with E-state index >= 15 is 0 Å². The summed E-state index contributed by atoms with van der Waals surface area (Å²) in [5, 5.41) is 3.27. The van der Waals surface area contributed by atoms with Gasteiger partial charge in [-0.1, -0.05) is 23.7 Å². The maximum Gasteiger partial charge on any atom is 0.255 e. The maximum absolute atomic E-state index is 12.1. The highest BCUT2D eigenvalue weighted by atomic mass is 35.5. The van der Waals surface area contributed by atoms with Crippen molar-refractivity contribution in [2.45, 2.75) is 13.8 Å². The van der Waals surface area contributed by atoms with Crippen molar-refractivity contribution in [3.05, 3.63) is 58.6 Å². The Kier molecular flexibility index (Phi) is 4.64. The van der Waals surface area contributed by atoms with E-state index < -0.39 is 0 Å². The lowest BCUT2D eigenvalue weighted by Gasteiger charge is -2.09. The smallest absolute Gasteiger partial charge is 0.255 e. The number of carbonyl (C=O) groups is 1. The first-order valence-corrected chi connectivity index (χ1v) is 6.78. The number of carbonyl (C=O) groups excluding carboxylic acids is 1. The highest BCUT2D eigenvalue weighted by Gasteiger charge is 2.09. The molecule has 2 rings (SSSR count). The summed E-state index contributed by atoms with van der Waals surface area (Å²) in [4.78, 5) is 12.1. The number of aryl methyl sites for hydroxylation is 1. The van der Waals surface area contributed by atoms with E-state index in [-0.39, 0.29) is 5.91 Å². The van der Waals surface area contributed by atoms with Gasteiger partial charge in [0.05, 0.1) is 11.6 Å². The molecule has 0 fully saturated rings. The van der Waals surface area contributed by atoms with E-state index in [0.29, 0.717) is 22.9 Å². The lowest BCUT2D eigenvalue weighted by Crippen LogP contribution is -2.12. The third-order valence-corrected chi connectivity index (χ3v) is 3.07. The number of anilines is 1. The molecule has 0 aliphatic heterocycles. The Labute approximate surface area is 123 Å². The second kappa shape index (κ2) is 6.44. The van der Waals surface area contributed by atoms with E-state index in [4.69, 9.17) is 16.3 Å². The minimum Gasteiger partial charge on any atom is -0.492 e. The molecule has 1 N–H and O–H groups in total. The van der Waals surface area contributed by atoms with E-state index in [0.717, 1.165) is 11.3 Å². The Bertz CT molecular complexity index is 626. The molecule has 0 heterocycles. The number of halogens is 1. The Morgan fingerprint density at radius 2 is 2.05 bits per heavy atom. The third-order valence-electron chi connectivity index (χ3n) is 2.77. The van der Waals surface area contributed by atoms with Crippen molar-refractivity contribution in [2.75, 3.05) is 11.9 Å². The van der Waals surface area contributed by atoms with Gasteiger partial charge in [-0.25, -0.2) is 0 Å². The van der Waals surface area contributed by atoms with Crippen molar-refractivity contribution in [3.8, 4) is 5.75 Å². The van der Waals surface area contributed by atoms with Gasteiger partial charge in [0.1, 0.15) is 5.75 Å². The van der Waals surface area contributed by atoms with Crippen LogP contribution >= 0.6 is 11.6 Å². The number of rotatable bonds is 4. The summed E-state index contributed by atoms with van der Waals surface area (Å²) in [7, 11) is 0. The molecule has 0 spiro atoms. The van der Waals surface area contributed by atoms with Gasteiger partial charge in [-0.3, -0.25) is 4.79 Å². The van der Waals surface area contributed by atoms with Crippen LogP contribution in [-0.4, -0.2) is 12.5 Å². The number of benzene rings is 2. The molecule has 0 unspecified atom stereocenters. The van der Waals surface area contributed by atoms with E-state index in [1.807, 2.05) is 38.1 Å².